The predicted octanol–water partition coefficient (Wildman–Crippen LogP) is -1.16. The third-order valence-corrected chi connectivity index (χ3v) is 11.9. The van der Waals surface area contributed by atoms with Gasteiger partial charge in [0.1, 0.15) is 0 Å². The summed E-state index contributed by atoms with van der Waals surface area (Å²) in [6, 6.07) is 0. The fourth-order valence-corrected chi connectivity index (χ4v) is 7.64. The van der Waals surface area contributed by atoms with Gasteiger partial charge < -0.3 is 148 Å². The van der Waals surface area contributed by atoms with E-state index in [0.717, 1.165) is 33.4 Å². The molecular weight excluding hydrogens is 1190 g/mol. The zero-order valence-corrected chi connectivity index (χ0v) is 54.4. The number of nitrogens with two attached hydrogens (primary N) is 6. The normalized spacial score (nSPS) is 11.8. The number of ether oxygens (including phenoxy) is 24. The van der Waals surface area contributed by atoms with Crippen LogP contribution >= 0.6 is 0 Å². The van der Waals surface area contributed by atoms with Crippen LogP contribution in [0.2, 0.25) is 0 Å². The van der Waals surface area contributed by atoms with E-state index in [1.165, 1.54) is 0 Å². The van der Waals surface area contributed by atoms with Crippen molar-refractivity contribution in [2.75, 3.05) is 317 Å². The fourth-order valence-electron chi connectivity index (χ4n) is 7.64. The Hall–Kier alpha value is -1.98. The fraction of sp³-hybridized carbons (Fsp3) is 0.900. The predicted molar refractivity (Wildman–Crippen MR) is 333 cm³/mol. The molecule has 0 aliphatic carbocycles. The van der Waals surface area contributed by atoms with Gasteiger partial charge in [-0.25, -0.2) is 0 Å². The van der Waals surface area contributed by atoms with Gasteiger partial charge in [0.05, 0.1) is 317 Å². The Bertz CT molecular complexity index is 1300. The van der Waals surface area contributed by atoms with Crippen LogP contribution in [-0.4, -0.2) is 317 Å². The molecule has 0 amide bonds. The van der Waals surface area contributed by atoms with Gasteiger partial charge in [-0.3, -0.25) is 0 Å². The first-order chi connectivity index (χ1) is 44.7. The molecule has 1 aromatic carbocycles. The molecule has 0 radical (unpaired) electrons. The Morgan fingerprint density at radius 3 is 0.278 bits per heavy atom. The van der Waals surface area contributed by atoms with Crippen molar-refractivity contribution < 1.29 is 114 Å². The molecule has 0 spiro atoms. The van der Waals surface area contributed by atoms with Gasteiger partial charge in [-0.15, -0.1) is 0 Å². The van der Waals surface area contributed by atoms with Crippen LogP contribution in [0, 0.1) is 0 Å². The molecule has 1 rings (SSSR count). The van der Waals surface area contributed by atoms with Crippen LogP contribution in [0.1, 0.15) is 33.4 Å². The van der Waals surface area contributed by atoms with E-state index >= 15 is 0 Å². The molecule has 0 aromatic heterocycles. The summed E-state index contributed by atoms with van der Waals surface area (Å²) < 4.78 is 141. The lowest BCUT2D eigenvalue weighted by molar-refractivity contribution is -0.0102. The van der Waals surface area contributed by atoms with Gasteiger partial charge in [0, 0.05) is 39.3 Å². The van der Waals surface area contributed by atoms with Crippen molar-refractivity contribution in [2.45, 2.75) is 39.6 Å². The Morgan fingerprint density at radius 2 is 0.189 bits per heavy atom. The summed E-state index contributed by atoms with van der Waals surface area (Å²) in [4.78, 5) is 0. The lowest BCUT2D eigenvalue weighted by Crippen LogP contribution is -2.21. The smallest absolute Gasteiger partial charge is 0.0725 e. The molecule has 0 atom stereocenters. The Morgan fingerprint density at radius 1 is 0.111 bits per heavy atom. The Kier molecular flexibility index (Phi) is 69.6. The van der Waals surface area contributed by atoms with Crippen molar-refractivity contribution in [1.82, 2.24) is 0 Å². The van der Waals surface area contributed by atoms with E-state index in [2.05, 4.69) is 0 Å². The van der Waals surface area contributed by atoms with Gasteiger partial charge in [-0.05, 0) is 33.4 Å². The average Bonchev–Trinajstić information content (AvgIpc) is 0.790. The largest absolute Gasteiger partial charge is 0.378 e. The Labute approximate surface area is 536 Å². The highest BCUT2D eigenvalue weighted by Crippen LogP contribution is 2.33. The SMILES string of the molecule is NCCOCCOCCOCCOCc1c(COCCOCCOCCOCCN)c(COCCOCCOCCOCCN)c(COCCOCCOCCOCCN)c(COCCOCCOCCOCCN)c1COCCOCCOCCOCCN. The summed E-state index contributed by atoms with van der Waals surface area (Å²) >= 11 is 0. The van der Waals surface area contributed by atoms with Crippen molar-refractivity contribution in [3.8, 4) is 0 Å². The minimum Gasteiger partial charge on any atom is -0.378 e. The average molecular weight is 1310 g/mol. The van der Waals surface area contributed by atoms with Gasteiger partial charge >= 0.3 is 0 Å². The van der Waals surface area contributed by atoms with Crippen molar-refractivity contribution in [3.63, 3.8) is 0 Å². The summed E-state index contributed by atoms with van der Waals surface area (Å²) in [5.41, 5.74) is 38.2. The molecule has 90 heavy (non-hydrogen) atoms. The van der Waals surface area contributed by atoms with Crippen LogP contribution < -0.4 is 34.4 Å². The van der Waals surface area contributed by atoms with Crippen molar-refractivity contribution in [1.29, 1.82) is 0 Å². The van der Waals surface area contributed by atoms with Crippen molar-refractivity contribution in [2.24, 2.45) is 34.4 Å². The van der Waals surface area contributed by atoms with Gasteiger partial charge in [0.25, 0.3) is 0 Å². The molecule has 12 N–H and O–H groups in total. The Balaban J connectivity index is 3.71. The van der Waals surface area contributed by atoms with Gasteiger partial charge in [-0.2, -0.15) is 0 Å². The summed E-state index contributed by atoms with van der Waals surface area (Å²) in [6.07, 6.45) is 0. The first kappa shape index (κ1) is 86.0. The second-order valence-electron chi connectivity index (χ2n) is 18.9. The highest BCUT2D eigenvalue weighted by molar-refractivity contribution is 5.51. The van der Waals surface area contributed by atoms with Crippen LogP contribution in [0.15, 0.2) is 0 Å². The highest BCUT2D eigenvalue weighted by Gasteiger charge is 2.25. The molecule has 30 nitrogen and oxygen atoms in total. The maximum absolute atomic E-state index is 6.50. The van der Waals surface area contributed by atoms with E-state index in [4.69, 9.17) is 148 Å². The third-order valence-electron chi connectivity index (χ3n) is 11.9. The van der Waals surface area contributed by atoms with Crippen molar-refractivity contribution >= 4 is 0 Å². The van der Waals surface area contributed by atoms with Gasteiger partial charge in [-0.1, -0.05) is 0 Å². The summed E-state index contributed by atoms with van der Waals surface area (Å²) in [5, 5.41) is 0. The highest BCUT2D eigenvalue weighted by atomic mass is 16.6. The molecule has 0 saturated heterocycles. The molecule has 0 bridgehead atoms. The van der Waals surface area contributed by atoms with Crippen LogP contribution in [0.4, 0.5) is 0 Å². The van der Waals surface area contributed by atoms with Crippen LogP contribution in [-0.2, 0) is 153 Å². The molecule has 534 valence electrons. The van der Waals surface area contributed by atoms with E-state index in [1.807, 2.05) is 0 Å². The second-order valence-corrected chi connectivity index (χ2v) is 18.9. The monoisotopic (exact) mass is 1310 g/mol. The third kappa shape index (κ3) is 55.3. The van der Waals surface area contributed by atoms with Crippen LogP contribution in [0.25, 0.3) is 0 Å². The summed E-state index contributed by atoms with van der Waals surface area (Å²) in [5.74, 6) is 0. The molecular formula is C60H120N6O24. The second kappa shape index (κ2) is 72.8. The number of rotatable bonds is 78. The van der Waals surface area contributed by atoms with Gasteiger partial charge in [0.15, 0.2) is 0 Å². The lowest BCUT2D eigenvalue weighted by Gasteiger charge is -2.27. The zero-order chi connectivity index (χ0) is 64.6. The van der Waals surface area contributed by atoms with Crippen molar-refractivity contribution in [3.05, 3.63) is 33.4 Å². The standard InChI is InChI=1S/C60H120N6O24/c61-1-7-67-13-19-73-25-31-79-37-43-85-49-55-56(50-86-44-38-80-32-26-74-20-14-68-8-2-62)58(52-88-46-40-82-34-28-76-22-16-70-10-4-64)60(54-90-48-42-84-36-30-78-24-18-72-12-6-66)59(53-89-47-41-83-35-29-77-23-17-71-11-5-65)57(55)51-87-45-39-81-33-27-75-21-15-69-9-3-63/h1-54,61-66H2. The van der Waals surface area contributed by atoms with E-state index in [-0.39, 0.29) is 79.3 Å². The van der Waals surface area contributed by atoms with E-state index in [9.17, 15) is 0 Å². The lowest BCUT2D eigenvalue weighted by atomic mass is 9.87. The minimum absolute atomic E-state index is 0.151. The van der Waals surface area contributed by atoms with E-state index < -0.39 is 0 Å². The molecule has 1 aromatic rings. The summed E-state index contributed by atoms with van der Waals surface area (Å²) in [6.45, 7) is 19.9. The number of hydrogen-bond acceptors (Lipinski definition) is 30. The molecule has 30 heteroatoms. The van der Waals surface area contributed by atoms with Crippen LogP contribution in [0.5, 0.6) is 0 Å². The molecule has 0 unspecified atom stereocenters. The molecule has 0 saturated carbocycles. The van der Waals surface area contributed by atoms with E-state index in [1.54, 1.807) is 0 Å². The van der Waals surface area contributed by atoms with Crippen LogP contribution in [0.3, 0.4) is 0 Å². The molecule has 0 aliphatic heterocycles. The molecule has 0 aliphatic rings. The quantitative estimate of drug-likeness (QED) is 0.0419. The maximum Gasteiger partial charge on any atom is 0.0725 e. The van der Waals surface area contributed by atoms with E-state index in [0.29, 0.717) is 277 Å². The molecule has 0 fully saturated rings. The number of hydrogen-bond donors (Lipinski definition) is 6. The summed E-state index contributed by atoms with van der Waals surface area (Å²) in [7, 11) is 0. The maximum atomic E-state index is 6.50. The zero-order valence-electron chi connectivity index (χ0n) is 54.4. The molecule has 0 heterocycles. The first-order valence-corrected chi connectivity index (χ1v) is 31.9. The number of benzene rings is 1. The minimum atomic E-state index is 0.151. The van der Waals surface area contributed by atoms with Gasteiger partial charge in [0.2, 0.25) is 0 Å². The topological polar surface area (TPSA) is 378 Å². The first-order valence-electron chi connectivity index (χ1n) is 31.9.